The highest BCUT2D eigenvalue weighted by Gasteiger charge is 1.99. The molecule has 0 aliphatic rings. The first-order valence-corrected chi connectivity index (χ1v) is 5.36. The number of carbonyl (C=O) groups excluding carboxylic acids is 1. The number of hydrogen-bond acceptors (Lipinski definition) is 1. The Hall–Kier alpha value is -1.90. The summed E-state index contributed by atoms with van der Waals surface area (Å²) in [6.45, 7) is 4.46. The number of carbonyl (C=O) groups is 1. The minimum absolute atomic E-state index is 0.167. The number of aromatic nitrogens is 1. The Morgan fingerprint density at radius 3 is 2.75 bits per heavy atom. The van der Waals surface area contributed by atoms with E-state index in [4.69, 9.17) is 0 Å². The van der Waals surface area contributed by atoms with Gasteiger partial charge in [0.1, 0.15) is 0 Å². The zero-order valence-corrected chi connectivity index (χ0v) is 9.47. The summed E-state index contributed by atoms with van der Waals surface area (Å²) < 4.78 is 2.13. The summed E-state index contributed by atoms with van der Waals surface area (Å²) in [6.07, 6.45) is 1.96. The van der Waals surface area contributed by atoms with Crippen molar-refractivity contribution in [3.63, 3.8) is 0 Å². The van der Waals surface area contributed by atoms with Crippen LogP contribution in [0.25, 0.3) is 10.9 Å². The Morgan fingerprint density at radius 2 is 2.06 bits per heavy atom. The van der Waals surface area contributed by atoms with Crippen molar-refractivity contribution in [3.8, 4) is 0 Å². The first-order chi connectivity index (χ1) is 7.72. The molecule has 0 atom stereocenters. The molecule has 1 heterocycles. The molecule has 1 amide bonds. The molecule has 0 spiro atoms. The van der Waals surface area contributed by atoms with Gasteiger partial charge in [0.15, 0.2) is 0 Å². The van der Waals surface area contributed by atoms with Crippen LogP contribution in [0.5, 0.6) is 0 Å². The van der Waals surface area contributed by atoms with Gasteiger partial charge in [0.2, 0.25) is 5.91 Å². The van der Waals surface area contributed by atoms with E-state index in [1.165, 1.54) is 6.92 Å². The van der Waals surface area contributed by atoms with Crippen molar-refractivity contribution in [1.82, 2.24) is 4.57 Å². The van der Waals surface area contributed by atoms with Gasteiger partial charge in [-0.2, -0.15) is 0 Å². The van der Waals surface area contributed by atoms with Crippen molar-refractivity contribution in [2.24, 2.45) is 4.99 Å². The van der Waals surface area contributed by atoms with Gasteiger partial charge < -0.3 is 4.57 Å². The number of rotatable bonds is 1. The molecular weight excluding hydrogens is 200 g/mol. The maximum atomic E-state index is 11.0. The fourth-order valence-corrected chi connectivity index (χ4v) is 1.81. The van der Waals surface area contributed by atoms with Crippen LogP contribution < -0.4 is 5.36 Å². The average molecular weight is 214 g/mol. The van der Waals surface area contributed by atoms with Gasteiger partial charge in [-0.05, 0) is 19.1 Å². The Bertz CT molecular complexity index is 596. The molecule has 0 bridgehead atoms. The first-order valence-electron chi connectivity index (χ1n) is 5.36. The molecule has 0 aliphatic heterocycles. The zero-order chi connectivity index (χ0) is 11.5. The van der Waals surface area contributed by atoms with Gasteiger partial charge in [-0.1, -0.05) is 18.2 Å². The lowest BCUT2D eigenvalue weighted by atomic mass is 10.2. The van der Waals surface area contributed by atoms with E-state index in [2.05, 4.69) is 16.5 Å². The van der Waals surface area contributed by atoms with Crippen molar-refractivity contribution in [1.29, 1.82) is 0 Å². The summed E-state index contributed by atoms with van der Waals surface area (Å²) in [5, 5.41) is 1.76. The molecule has 0 fully saturated rings. The molecule has 0 saturated carbocycles. The van der Waals surface area contributed by atoms with Crippen LogP contribution in [-0.2, 0) is 11.3 Å². The molecule has 82 valence electrons. The lowest BCUT2D eigenvalue weighted by Crippen LogP contribution is -2.10. The Morgan fingerprint density at radius 1 is 1.31 bits per heavy atom. The van der Waals surface area contributed by atoms with Crippen LogP contribution in [0.1, 0.15) is 13.8 Å². The molecule has 0 saturated heterocycles. The van der Waals surface area contributed by atoms with Crippen LogP contribution in [0.2, 0.25) is 0 Å². The number of pyridine rings is 1. The molecule has 2 rings (SSSR count). The van der Waals surface area contributed by atoms with E-state index < -0.39 is 0 Å². The summed E-state index contributed by atoms with van der Waals surface area (Å²) in [5.41, 5.74) is 1.10. The second-order valence-electron chi connectivity index (χ2n) is 3.63. The van der Waals surface area contributed by atoms with Crippen molar-refractivity contribution in [3.05, 3.63) is 41.9 Å². The Kier molecular flexibility index (Phi) is 2.86. The summed E-state index contributed by atoms with van der Waals surface area (Å²) in [6, 6.07) is 9.86. The lowest BCUT2D eigenvalue weighted by molar-refractivity contribution is -0.116. The van der Waals surface area contributed by atoms with Gasteiger partial charge >= 0.3 is 0 Å². The van der Waals surface area contributed by atoms with Gasteiger partial charge in [0, 0.05) is 25.1 Å². The largest absolute Gasteiger partial charge is 0.348 e. The highest BCUT2D eigenvalue weighted by molar-refractivity contribution is 5.81. The molecule has 16 heavy (non-hydrogen) atoms. The standard InChI is InChI=1S/C13H14N2O/c1-3-15-9-8-12(14-10(2)16)11-6-4-5-7-13(11)15/h4-9H,3H2,1-2H3. The van der Waals surface area contributed by atoms with Crippen LogP contribution in [0.4, 0.5) is 0 Å². The molecule has 0 radical (unpaired) electrons. The third-order valence-corrected chi connectivity index (χ3v) is 2.52. The topological polar surface area (TPSA) is 34.4 Å². The highest BCUT2D eigenvalue weighted by atomic mass is 16.1. The Labute approximate surface area is 94.1 Å². The van der Waals surface area contributed by atoms with Crippen LogP contribution in [-0.4, -0.2) is 10.5 Å². The number of nitrogens with zero attached hydrogens (tertiary/aromatic N) is 2. The van der Waals surface area contributed by atoms with Gasteiger partial charge in [0.25, 0.3) is 0 Å². The minimum atomic E-state index is -0.167. The smallest absolute Gasteiger partial charge is 0.243 e. The number of aryl methyl sites for hydroxylation is 1. The lowest BCUT2D eigenvalue weighted by Gasteiger charge is -2.08. The molecule has 2 aromatic rings. The molecular formula is C13H14N2O. The van der Waals surface area contributed by atoms with E-state index in [1.807, 2.05) is 36.5 Å². The quantitative estimate of drug-likeness (QED) is 0.716. The van der Waals surface area contributed by atoms with E-state index in [9.17, 15) is 4.79 Å². The predicted octanol–water partition coefficient (Wildman–Crippen LogP) is 2.11. The van der Waals surface area contributed by atoms with Crippen molar-refractivity contribution < 1.29 is 4.79 Å². The van der Waals surface area contributed by atoms with Gasteiger partial charge in [0.05, 0.1) is 10.9 Å². The molecule has 1 aromatic heterocycles. The third-order valence-electron chi connectivity index (χ3n) is 2.52. The molecule has 3 heteroatoms. The SMILES string of the molecule is CCn1ccc(=NC(C)=O)c2ccccc21. The number of benzene rings is 1. The zero-order valence-electron chi connectivity index (χ0n) is 9.47. The highest BCUT2D eigenvalue weighted by Crippen LogP contribution is 2.09. The van der Waals surface area contributed by atoms with E-state index in [-0.39, 0.29) is 5.91 Å². The molecule has 1 aromatic carbocycles. The van der Waals surface area contributed by atoms with E-state index >= 15 is 0 Å². The van der Waals surface area contributed by atoms with E-state index in [0.29, 0.717) is 0 Å². The predicted molar refractivity (Wildman–Crippen MR) is 63.9 cm³/mol. The van der Waals surface area contributed by atoms with Crippen molar-refractivity contribution >= 4 is 16.8 Å². The van der Waals surface area contributed by atoms with Crippen LogP contribution in [0.15, 0.2) is 41.5 Å². The monoisotopic (exact) mass is 214 g/mol. The van der Waals surface area contributed by atoms with Gasteiger partial charge in [-0.25, -0.2) is 4.99 Å². The molecule has 0 N–H and O–H groups in total. The van der Waals surface area contributed by atoms with E-state index in [0.717, 1.165) is 22.8 Å². The van der Waals surface area contributed by atoms with Gasteiger partial charge in [-0.15, -0.1) is 0 Å². The Balaban J connectivity index is 2.85. The number of hydrogen-bond donors (Lipinski definition) is 0. The summed E-state index contributed by atoms with van der Waals surface area (Å²) in [4.78, 5) is 15.0. The molecule has 0 unspecified atom stereocenters. The second-order valence-corrected chi connectivity index (χ2v) is 3.63. The summed E-state index contributed by atoms with van der Waals surface area (Å²) in [5.74, 6) is -0.167. The van der Waals surface area contributed by atoms with Crippen LogP contribution >= 0.6 is 0 Å². The fourth-order valence-electron chi connectivity index (χ4n) is 1.81. The number of amides is 1. The second kappa shape index (κ2) is 4.31. The fraction of sp³-hybridized carbons (Fsp3) is 0.231. The molecule has 0 aliphatic carbocycles. The van der Waals surface area contributed by atoms with E-state index in [1.54, 1.807) is 0 Å². The van der Waals surface area contributed by atoms with Gasteiger partial charge in [-0.3, -0.25) is 4.79 Å². The maximum absolute atomic E-state index is 11.0. The molecule has 3 nitrogen and oxygen atoms in total. The minimum Gasteiger partial charge on any atom is -0.348 e. The van der Waals surface area contributed by atoms with Crippen molar-refractivity contribution in [2.45, 2.75) is 20.4 Å². The van der Waals surface area contributed by atoms with Crippen molar-refractivity contribution in [2.75, 3.05) is 0 Å². The maximum Gasteiger partial charge on any atom is 0.243 e. The third kappa shape index (κ3) is 1.89. The first kappa shape index (κ1) is 10.6. The normalized spacial score (nSPS) is 12.0. The van der Waals surface area contributed by atoms with Crippen LogP contribution in [0.3, 0.4) is 0 Å². The summed E-state index contributed by atoms with van der Waals surface area (Å²) >= 11 is 0. The number of para-hydroxylation sites is 1. The average Bonchev–Trinajstić information content (AvgIpc) is 2.29. The van der Waals surface area contributed by atoms with Crippen LogP contribution in [0, 0.1) is 0 Å². The summed E-state index contributed by atoms with van der Waals surface area (Å²) in [7, 11) is 0. The number of fused-ring (bicyclic) bond motifs is 1.